The van der Waals surface area contributed by atoms with Gasteiger partial charge in [0.1, 0.15) is 11.4 Å². The number of nitrogens with zero attached hydrogens (tertiary/aromatic N) is 5. The molecule has 2 aliphatic rings. The molecule has 6 heterocycles. The van der Waals surface area contributed by atoms with Gasteiger partial charge in [0.2, 0.25) is 10.0 Å². The maximum atomic E-state index is 14.8. The molecule has 0 atom stereocenters. The number of carbonyl (C=O) groups excluding carboxylic acids is 1. The third kappa shape index (κ3) is 4.12. The first-order valence-electron chi connectivity index (χ1n) is 14.7. The van der Waals surface area contributed by atoms with Gasteiger partial charge < -0.3 is 14.3 Å². The molecule has 45 heavy (non-hydrogen) atoms. The van der Waals surface area contributed by atoms with Crippen LogP contribution >= 0.6 is 0 Å². The smallest absolute Gasteiger partial charge is 0.255 e. The Morgan fingerprint density at radius 2 is 1.91 bits per heavy atom. The summed E-state index contributed by atoms with van der Waals surface area (Å²) >= 11 is 0. The van der Waals surface area contributed by atoms with Crippen molar-refractivity contribution in [2.75, 3.05) is 24.7 Å². The molecule has 6 aromatic rings. The predicted molar refractivity (Wildman–Crippen MR) is 170 cm³/mol. The van der Waals surface area contributed by atoms with Crippen LogP contribution in [0.25, 0.3) is 55.8 Å². The van der Waals surface area contributed by atoms with E-state index in [1.807, 2.05) is 28.9 Å². The van der Waals surface area contributed by atoms with Gasteiger partial charge in [-0.1, -0.05) is 12.1 Å². The lowest BCUT2D eigenvalue weighted by molar-refractivity contribution is 0.0964. The average Bonchev–Trinajstić information content (AvgIpc) is 3.81. The highest BCUT2D eigenvalue weighted by Gasteiger charge is 2.30. The minimum Gasteiger partial charge on any atom is -0.455 e. The number of carbonyl (C=O) groups is 1. The third-order valence-electron chi connectivity index (χ3n) is 9.07. The first-order valence-corrected chi connectivity index (χ1v) is 16.6. The highest BCUT2D eigenvalue weighted by Crippen LogP contribution is 2.43. The Kier molecular flexibility index (Phi) is 5.98. The van der Waals surface area contributed by atoms with Crippen molar-refractivity contribution in [3.63, 3.8) is 0 Å². The van der Waals surface area contributed by atoms with Crippen LogP contribution in [0, 0.1) is 5.82 Å². The van der Waals surface area contributed by atoms with Gasteiger partial charge in [0.05, 0.1) is 51.9 Å². The predicted octanol–water partition coefficient (Wildman–Crippen LogP) is 5.38. The Balaban J connectivity index is 1.38. The van der Waals surface area contributed by atoms with E-state index in [0.717, 1.165) is 53.7 Å². The molecule has 8 rings (SSSR count). The maximum absolute atomic E-state index is 14.8. The minimum atomic E-state index is -3.69. The van der Waals surface area contributed by atoms with E-state index in [-0.39, 0.29) is 11.7 Å². The molecule has 0 spiro atoms. The van der Waals surface area contributed by atoms with Crippen LogP contribution in [0.4, 0.5) is 10.1 Å². The molecule has 2 aliphatic heterocycles. The molecule has 10 nitrogen and oxygen atoms in total. The van der Waals surface area contributed by atoms with Crippen molar-refractivity contribution in [3.8, 4) is 34.0 Å². The summed E-state index contributed by atoms with van der Waals surface area (Å²) in [4.78, 5) is 18.5. The summed E-state index contributed by atoms with van der Waals surface area (Å²) in [5, 5.41) is 8.29. The number of furan rings is 1. The van der Waals surface area contributed by atoms with Gasteiger partial charge >= 0.3 is 0 Å². The fourth-order valence-electron chi connectivity index (χ4n) is 6.75. The topological polar surface area (TPSA) is 115 Å². The summed E-state index contributed by atoms with van der Waals surface area (Å²) in [5.74, 6) is -0.236. The summed E-state index contributed by atoms with van der Waals surface area (Å²) in [6, 6.07) is 14.2. The molecular formula is C33H29FN6O4S. The number of halogens is 1. The first-order chi connectivity index (χ1) is 21.6. The van der Waals surface area contributed by atoms with Gasteiger partial charge in [-0.25, -0.2) is 17.8 Å². The van der Waals surface area contributed by atoms with E-state index in [0.29, 0.717) is 63.3 Å². The van der Waals surface area contributed by atoms with Gasteiger partial charge in [-0.3, -0.25) is 13.8 Å². The Morgan fingerprint density at radius 3 is 2.71 bits per heavy atom. The van der Waals surface area contributed by atoms with E-state index in [2.05, 4.69) is 15.0 Å². The number of benzene rings is 2. The van der Waals surface area contributed by atoms with Crippen molar-refractivity contribution >= 4 is 43.5 Å². The summed E-state index contributed by atoms with van der Waals surface area (Å²) in [6.45, 7) is 1.49. The van der Waals surface area contributed by atoms with Crippen molar-refractivity contribution in [1.82, 2.24) is 24.6 Å². The molecule has 2 aromatic carbocycles. The number of hydrogen-bond donors (Lipinski definition) is 1. The molecule has 0 fully saturated rings. The van der Waals surface area contributed by atoms with Gasteiger partial charge in [-0.2, -0.15) is 5.10 Å². The van der Waals surface area contributed by atoms with E-state index < -0.39 is 10.0 Å². The van der Waals surface area contributed by atoms with Crippen molar-refractivity contribution in [1.29, 1.82) is 0 Å². The molecule has 12 heteroatoms. The van der Waals surface area contributed by atoms with Gasteiger partial charge in [0, 0.05) is 55.3 Å². The lowest BCUT2D eigenvalue weighted by Gasteiger charge is -2.23. The summed E-state index contributed by atoms with van der Waals surface area (Å²) in [6.07, 6.45) is 5.33. The largest absolute Gasteiger partial charge is 0.455 e. The molecule has 1 amide bonds. The highest BCUT2D eigenvalue weighted by atomic mass is 32.2. The molecule has 0 saturated carbocycles. The molecule has 0 radical (unpaired) electrons. The van der Waals surface area contributed by atoms with E-state index in [1.165, 1.54) is 17.4 Å². The van der Waals surface area contributed by atoms with Gasteiger partial charge in [0.15, 0.2) is 5.76 Å². The Hall–Kier alpha value is -4.97. The second-order valence-electron chi connectivity index (χ2n) is 11.6. The number of pyridine rings is 1. The number of sulfonamides is 1. The zero-order valence-electron chi connectivity index (χ0n) is 24.9. The van der Waals surface area contributed by atoms with Crippen LogP contribution in [-0.4, -0.2) is 54.0 Å². The second kappa shape index (κ2) is 9.77. The SMILES string of the molecule is CNC(=O)c1c(-c2cnn3c2CCC3)oc2cc(N(C)S(C)(=O)=O)c(-c3ccc4c(n3)-c3cc5c(F)cccc5n3CC4)cc12. The first kappa shape index (κ1) is 27.6. The Labute approximate surface area is 258 Å². The molecule has 0 aliphatic carbocycles. The Morgan fingerprint density at radius 1 is 1.07 bits per heavy atom. The number of fused-ring (bicyclic) bond motifs is 7. The number of rotatable bonds is 5. The van der Waals surface area contributed by atoms with E-state index in [4.69, 9.17) is 9.40 Å². The Bertz CT molecular complexity index is 2330. The zero-order valence-corrected chi connectivity index (χ0v) is 25.7. The van der Waals surface area contributed by atoms with Crippen LogP contribution in [0.1, 0.15) is 28.0 Å². The van der Waals surface area contributed by atoms with Gasteiger partial charge in [0.25, 0.3) is 5.91 Å². The molecule has 0 unspecified atom stereocenters. The molecule has 0 saturated heterocycles. The summed E-state index contributed by atoms with van der Waals surface area (Å²) < 4.78 is 52.1. The molecule has 1 N–H and O–H groups in total. The molecular weight excluding hydrogens is 595 g/mol. The van der Waals surface area contributed by atoms with Crippen molar-refractivity contribution in [2.45, 2.75) is 32.4 Å². The van der Waals surface area contributed by atoms with E-state index in [9.17, 15) is 17.6 Å². The fraction of sp³-hybridized carbons (Fsp3) is 0.242. The average molecular weight is 625 g/mol. The van der Waals surface area contributed by atoms with Crippen LogP contribution in [0.2, 0.25) is 0 Å². The summed E-state index contributed by atoms with van der Waals surface area (Å²) in [7, 11) is -0.651. The molecule has 228 valence electrons. The number of hydrogen-bond acceptors (Lipinski definition) is 6. The van der Waals surface area contributed by atoms with Crippen LogP contribution in [-0.2, 0) is 36.0 Å². The van der Waals surface area contributed by atoms with E-state index >= 15 is 0 Å². The number of aromatic nitrogens is 4. The number of amides is 1. The maximum Gasteiger partial charge on any atom is 0.255 e. The van der Waals surface area contributed by atoms with Crippen molar-refractivity contribution in [3.05, 3.63) is 77.4 Å². The van der Waals surface area contributed by atoms with Crippen LogP contribution < -0.4 is 9.62 Å². The number of nitrogens with one attached hydrogen (secondary N) is 1. The van der Waals surface area contributed by atoms with Gasteiger partial charge in [-0.05, 0) is 55.2 Å². The lowest BCUT2D eigenvalue weighted by atomic mass is 9.98. The third-order valence-corrected chi connectivity index (χ3v) is 10.3. The second-order valence-corrected chi connectivity index (χ2v) is 13.6. The normalized spacial score (nSPS) is 14.0. The van der Waals surface area contributed by atoms with Crippen LogP contribution in [0.5, 0.6) is 0 Å². The monoisotopic (exact) mass is 624 g/mol. The number of aryl methyl sites for hydroxylation is 3. The summed E-state index contributed by atoms with van der Waals surface area (Å²) in [5.41, 5.74) is 7.14. The lowest BCUT2D eigenvalue weighted by Crippen LogP contribution is -2.25. The standard InChI is InChI=1S/C33H29FN6O4S/c1-35-33(41)30-21-14-20(24-10-9-18-11-13-39-25-7-4-6-23(34)19(25)15-28(39)31(18)37-24)27(38(2)45(3,42)43)16-29(21)44-32(30)22-17-36-40-12-5-8-26(22)40/h4,6-7,9-10,14-17H,5,8,11-13H2,1-3H3,(H,35,41). The van der Waals surface area contributed by atoms with Crippen molar-refractivity contribution < 1.29 is 22.0 Å². The highest BCUT2D eigenvalue weighted by molar-refractivity contribution is 7.92. The van der Waals surface area contributed by atoms with Crippen molar-refractivity contribution in [2.24, 2.45) is 0 Å². The van der Waals surface area contributed by atoms with Gasteiger partial charge in [-0.15, -0.1) is 0 Å². The minimum absolute atomic E-state index is 0.295. The van der Waals surface area contributed by atoms with Crippen LogP contribution in [0.15, 0.2) is 59.1 Å². The molecule has 4 aromatic heterocycles. The number of anilines is 1. The van der Waals surface area contributed by atoms with Crippen LogP contribution in [0.3, 0.4) is 0 Å². The van der Waals surface area contributed by atoms with E-state index in [1.54, 1.807) is 31.4 Å². The fourth-order valence-corrected chi connectivity index (χ4v) is 7.26. The zero-order chi connectivity index (χ0) is 31.2. The molecule has 0 bridgehead atoms. The quantitative estimate of drug-likeness (QED) is 0.276.